The van der Waals surface area contributed by atoms with Crippen molar-refractivity contribution in [3.63, 3.8) is 0 Å². The molecule has 0 fully saturated rings. The van der Waals surface area contributed by atoms with E-state index in [4.69, 9.17) is 47.0 Å². The molecule has 0 spiro atoms. The fourth-order valence-corrected chi connectivity index (χ4v) is 4.14. The van der Waals surface area contributed by atoms with E-state index in [2.05, 4.69) is 22.9 Å². The maximum Gasteiger partial charge on any atom is 0.228 e. The molecule has 1 aromatic carbocycles. The van der Waals surface area contributed by atoms with Crippen molar-refractivity contribution >= 4 is 63.7 Å². The lowest BCUT2D eigenvalue weighted by atomic mass is 10.0. The van der Waals surface area contributed by atoms with Crippen molar-refractivity contribution < 1.29 is 4.79 Å². The molecule has 4 nitrogen and oxygen atoms in total. The highest BCUT2D eigenvalue weighted by atomic mass is 35.6. The number of hydrogen-bond donors (Lipinski definition) is 3. The molecular formula is C25H40Cl3N3OS. The lowest BCUT2D eigenvalue weighted by Gasteiger charge is -2.27. The van der Waals surface area contributed by atoms with Crippen molar-refractivity contribution in [2.75, 3.05) is 5.32 Å². The molecule has 0 aliphatic heterocycles. The average molecular weight is 537 g/mol. The van der Waals surface area contributed by atoms with Crippen LogP contribution in [0, 0.1) is 6.92 Å². The number of thiocarbonyl (C=S) groups is 1. The molecule has 0 aliphatic rings. The average Bonchev–Trinajstić information content (AvgIpc) is 2.73. The van der Waals surface area contributed by atoms with Crippen LogP contribution in [0.25, 0.3) is 0 Å². The molecule has 33 heavy (non-hydrogen) atoms. The molecule has 1 atom stereocenters. The topological polar surface area (TPSA) is 53.2 Å². The van der Waals surface area contributed by atoms with Gasteiger partial charge in [0.2, 0.25) is 9.70 Å². The maximum atomic E-state index is 12.4. The lowest BCUT2D eigenvalue weighted by Crippen LogP contribution is -2.56. The zero-order chi connectivity index (χ0) is 24.5. The molecule has 8 heteroatoms. The van der Waals surface area contributed by atoms with E-state index in [0.717, 1.165) is 30.5 Å². The Balaban J connectivity index is 2.22. The van der Waals surface area contributed by atoms with E-state index in [9.17, 15) is 4.79 Å². The zero-order valence-electron chi connectivity index (χ0n) is 20.0. The summed E-state index contributed by atoms with van der Waals surface area (Å²) in [6.07, 6.45) is 14.4. The number of hydrogen-bond acceptors (Lipinski definition) is 2. The quantitative estimate of drug-likeness (QED) is 0.0862. The van der Waals surface area contributed by atoms with Gasteiger partial charge in [-0.05, 0) is 43.3 Å². The third kappa shape index (κ3) is 15.7. The molecule has 3 N–H and O–H groups in total. The van der Waals surface area contributed by atoms with Crippen molar-refractivity contribution in [2.24, 2.45) is 0 Å². The number of alkyl halides is 3. The van der Waals surface area contributed by atoms with Crippen LogP contribution in [0.2, 0.25) is 0 Å². The first-order valence-corrected chi connectivity index (χ1v) is 13.8. The van der Waals surface area contributed by atoms with Gasteiger partial charge in [-0.1, -0.05) is 124 Å². The van der Waals surface area contributed by atoms with Crippen molar-refractivity contribution in [1.29, 1.82) is 0 Å². The van der Waals surface area contributed by atoms with E-state index in [1.54, 1.807) is 0 Å². The number of nitrogens with one attached hydrogen (secondary N) is 3. The Kier molecular flexibility index (Phi) is 16.2. The highest BCUT2D eigenvalue weighted by molar-refractivity contribution is 7.80. The molecule has 0 heterocycles. The van der Waals surface area contributed by atoms with Gasteiger partial charge in [0.25, 0.3) is 0 Å². The second kappa shape index (κ2) is 17.7. The van der Waals surface area contributed by atoms with Crippen molar-refractivity contribution in [3.8, 4) is 0 Å². The van der Waals surface area contributed by atoms with Gasteiger partial charge in [-0.25, -0.2) is 0 Å². The van der Waals surface area contributed by atoms with Gasteiger partial charge in [0, 0.05) is 12.1 Å². The number of unbranched alkanes of at least 4 members (excludes halogenated alkanes) is 11. The van der Waals surface area contributed by atoms with Gasteiger partial charge >= 0.3 is 0 Å². The minimum Gasteiger partial charge on any atom is -0.339 e. The summed E-state index contributed by atoms with van der Waals surface area (Å²) in [5, 5.41) is 8.96. The minimum atomic E-state index is -1.75. The predicted octanol–water partition coefficient (Wildman–Crippen LogP) is 8.19. The Bertz CT molecular complexity index is 698. The Morgan fingerprint density at radius 1 is 0.909 bits per heavy atom. The number of benzene rings is 1. The fraction of sp³-hybridized carbons (Fsp3) is 0.680. The molecule has 1 amide bonds. The summed E-state index contributed by atoms with van der Waals surface area (Å²) < 4.78 is -1.75. The molecule has 1 aromatic rings. The number of amides is 1. The summed E-state index contributed by atoms with van der Waals surface area (Å²) in [5.41, 5.74) is 1.91. The number of anilines is 1. The first kappa shape index (κ1) is 30.3. The van der Waals surface area contributed by atoms with Crippen molar-refractivity contribution in [1.82, 2.24) is 10.6 Å². The van der Waals surface area contributed by atoms with Crippen LogP contribution in [-0.2, 0) is 4.79 Å². The third-order valence-corrected chi connectivity index (χ3v) is 6.32. The van der Waals surface area contributed by atoms with Crippen molar-refractivity contribution in [2.45, 2.75) is 107 Å². The van der Waals surface area contributed by atoms with Gasteiger partial charge in [0.15, 0.2) is 5.11 Å². The molecule has 188 valence electrons. The van der Waals surface area contributed by atoms with Crippen LogP contribution in [0.5, 0.6) is 0 Å². The van der Waals surface area contributed by atoms with Crippen LogP contribution >= 0.6 is 47.0 Å². The third-order valence-electron chi connectivity index (χ3n) is 5.44. The second-order valence-electron chi connectivity index (χ2n) is 8.65. The Morgan fingerprint density at radius 2 is 1.45 bits per heavy atom. The fourth-order valence-electron chi connectivity index (χ4n) is 3.58. The second-order valence-corrected chi connectivity index (χ2v) is 11.4. The van der Waals surface area contributed by atoms with E-state index >= 15 is 0 Å². The summed E-state index contributed by atoms with van der Waals surface area (Å²) in [6.45, 7) is 4.24. The highest BCUT2D eigenvalue weighted by Crippen LogP contribution is 2.29. The highest BCUT2D eigenvalue weighted by Gasteiger charge is 2.34. The molecule has 0 unspecified atom stereocenters. The zero-order valence-corrected chi connectivity index (χ0v) is 23.1. The Labute approximate surface area is 220 Å². The van der Waals surface area contributed by atoms with Crippen LogP contribution in [-0.4, -0.2) is 21.0 Å². The van der Waals surface area contributed by atoms with Gasteiger partial charge in [0.1, 0.15) is 6.17 Å². The molecule has 0 radical (unpaired) electrons. The van der Waals surface area contributed by atoms with E-state index in [-0.39, 0.29) is 11.0 Å². The van der Waals surface area contributed by atoms with Crippen LogP contribution < -0.4 is 16.0 Å². The van der Waals surface area contributed by atoms with Gasteiger partial charge < -0.3 is 16.0 Å². The van der Waals surface area contributed by atoms with Gasteiger partial charge in [-0.15, -0.1) is 0 Å². The van der Waals surface area contributed by atoms with Crippen LogP contribution in [0.1, 0.15) is 96.0 Å². The molecule has 0 aromatic heterocycles. The first-order chi connectivity index (χ1) is 15.7. The van der Waals surface area contributed by atoms with Gasteiger partial charge in [-0.2, -0.15) is 0 Å². The SMILES string of the molecule is CCCCCCCCCCCCCCC(=O)N[C@H](NC(=S)Nc1cccc(C)c1)C(Cl)(Cl)Cl. The van der Waals surface area contributed by atoms with E-state index in [0.29, 0.717) is 6.42 Å². The van der Waals surface area contributed by atoms with E-state index < -0.39 is 9.96 Å². The lowest BCUT2D eigenvalue weighted by molar-refractivity contribution is -0.122. The van der Waals surface area contributed by atoms with Crippen LogP contribution in [0.4, 0.5) is 5.69 Å². The molecular weight excluding hydrogens is 497 g/mol. The largest absolute Gasteiger partial charge is 0.339 e. The van der Waals surface area contributed by atoms with Crippen LogP contribution in [0.3, 0.4) is 0 Å². The molecule has 0 bridgehead atoms. The number of carbonyl (C=O) groups excluding carboxylic acids is 1. The maximum absolute atomic E-state index is 12.4. The molecule has 0 saturated carbocycles. The number of halogens is 3. The smallest absolute Gasteiger partial charge is 0.228 e. The summed E-state index contributed by atoms with van der Waals surface area (Å²) >= 11 is 23.5. The summed E-state index contributed by atoms with van der Waals surface area (Å²) in [5.74, 6) is -0.163. The molecule has 0 aliphatic carbocycles. The monoisotopic (exact) mass is 535 g/mol. The van der Waals surface area contributed by atoms with Crippen molar-refractivity contribution in [3.05, 3.63) is 29.8 Å². The Hall–Kier alpha value is -0.750. The van der Waals surface area contributed by atoms with Gasteiger partial charge in [0.05, 0.1) is 0 Å². The minimum absolute atomic E-state index is 0.163. The summed E-state index contributed by atoms with van der Waals surface area (Å²) in [6, 6.07) is 7.74. The van der Waals surface area contributed by atoms with Crippen LogP contribution in [0.15, 0.2) is 24.3 Å². The number of carbonyl (C=O) groups is 1. The number of rotatable bonds is 16. The van der Waals surface area contributed by atoms with E-state index in [1.165, 1.54) is 57.8 Å². The van der Waals surface area contributed by atoms with E-state index in [1.807, 2.05) is 31.2 Å². The standard InChI is InChI=1S/C25H40Cl3N3OS/c1-3-4-5-6-7-8-9-10-11-12-13-14-18-22(32)30-23(25(26,27)28)31-24(33)29-21-17-15-16-20(2)19-21/h15-17,19,23H,3-14,18H2,1-2H3,(H,30,32)(H2,29,31,33)/t23-/m1/s1. The first-order valence-electron chi connectivity index (χ1n) is 12.2. The summed E-state index contributed by atoms with van der Waals surface area (Å²) in [4.78, 5) is 12.4. The van der Waals surface area contributed by atoms with Gasteiger partial charge in [-0.3, -0.25) is 4.79 Å². The predicted molar refractivity (Wildman–Crippen MR) is 148 cm³/mol. The molecule has 0 saturated heterocycles. The molecule has 1 rings (SSSR count). The number of aryl methyl sites for hydroxylation is 1. The normalized spacial score (nSPS) is 12.3. The Morgan fingerprint density at radius 3 is 1.97 bits per heavy atom. The summed E-state index contributed by atoms with van der Waals surface area (Å²) in [7, 11) is 0.